The molecule has 0 aliphatic heterocycles. The Morgan fingerprint density at radius 1 is 0.952 bits per heavy atom. The van der Waals surface area contributed by atoms with Crippen LogP contribution >= 0.6 is 0 Å². The summed E-state index contributed by atoms with van der Waals surface area (Å²) >= 11 is 0. The molecule has 0 spiro atoms. The minimum Gasteiger partial charge on any atom is -0.388 e. The van der Waals surface area contributed by atoms with Crippen LogP contribution in [0.3, 0.4) is 0 Å². The van der Waals surface area contributed by atoms with Crippen molar-refractivity contribution in [3.63, 3.8) is 0 Å². The van der Waals surface area contributed by atoms with E-state index in [0.29, 0.717) is 6.42 Å². The zero-order chi connectivity index (χ0) is 14.7. The quantitative estimate of drug-likeness (QED) is 0.513. The van der Waals surface area contributed by atoms with Crippen LogP contribution in [0.4, 0.5) is 0 Å². The molecule has 1 aliphatic rings. The van der Waals surface area contributed by atoms with Gasteiger partial charge in [0.1, 0.15) is 0 Å². The molecular weight excluding hydrogens is 262 g/mol. The van der Waals surface area contributed by atoms with Crippen molar-refractivity contribution in [2.24, 2.45) is 5.11 Å². The van der Waals surface area contributed by atoms with E-state index in [2.05, 4.69) is 10.0 Å². The fraction of sp³-hybridized carbons (Fsp3) is 0.176. The van der Waals surface area contributed by atoms with E-state index in [1.54, 1.807) is 0 Å². The molecule has 0 heterocycles. The summed E-state index contributed by atoms with van der Waals surface area (Å²) in [6.45, 7) is 0. The molecule has 4 nitrogen and oxygen atoms in total. The molecule has 1 aliphatic carbocycles. The van der Waals surface area contributed by atoms with Crippen LogP contribution in [0.2, 0.25) is 0 Å². The highest BCUT2D eigenvalue weighted by molar-refractivity contribution is 5.95. The van der Waals surface area contributed by atoms with Gasteiger partial charge in [-0.25, -0.2) is 0 Å². The second kappa shape index (κ2) is 5.83. The van der Waals surface area contributed by atoms with Gasteiger partial charge in [-0.3, -0.25) is 0 Å². The molecule has 0 radical (unpaired) electrons. The normalized spacial score (nSPS) is 21.2. The van der Waals surface area contributed by atoms with Crippen molar-refractivity contribution in [2.75, 3.05) is 0 Å². The van der Waals surface area contributed by atoms with E-state index in [-0.39, 0.29) is 0 Å². The van der Waals surface area contributed by atoms with Crippen molar-refractivity contribution >= 4 is 11.1 Å². The van der Waals surface area contributed by atoms with Crippen molar-refractivity contribution in [2.45, 2.75) is 18.6 Å². The highest BCUT2D eigenvalue weighted by Crippen LogP contribution is 2.41. The fourth-order valence-electron chi connectivity index (χ4n) is 2.85. The predicted molar refractivity (Wildman–Crippen MR) is 83.3 cm³/mol. The topological polar surface area (TPSA) is 69.0 Å². The third kappa shape index (κ3) is 2.55. The molecule has 0 bridgehead atoms. The molecular formula is C17H15N3O. The first-order chi connectivity index (χ1) is 10.3. The number of benzene rings is 2. The fourth-order valence-corrected chi connectivity index (χ4v) is 2.85. The van der Waals surface area contributed by atoms with Crippen molar-refractivity contribution in [1.29, 1.82) is 0 Å². The number of aliphatic hydroxyl groups is 1. The molecule has 1 N–H and O–H groups in total. The molecule has 3 rings (SSSR count). The smallest absolute Gasteiger partial charge is 0.0886 e. The molecule has 2 aromatic rings. The zero-order valence-corrected chi connectivity index (χ0v) is 11.4. The average Bonchev–Trinajstić information content (AvgIpc) is 2.86. The van der Waals surface area contributed by atoms with Crippen LogP contribution in [0, 0.1) is 0 Å². The van der Waals surface area contributed by atoms with Crippen molar-refractivity contribution in [1.82, 2.24) is 0 Å². The van der Waals surface area contributed by atoms with E-state index in [9.17, 15) is 5.11 Å². The molecule has 4 heteroatoms. The Kier molecular flexibility index (Phi) is 3.73. The second-order valence-electron chi connectivity index (χ2n) is 5.05. The molecule has 21 heavy (non-hydrogen) atoms. The minimum atomic E-state index is -0.765. The summed E-state index contributed by atoms with van der Waals surface area (Å²) in [5.74, 6) is 0. The Labute approximate surface area is 123 Å². The zero-order valence-electron chi connectivity index (χ0n) is 11.4. The highest BCUT2D eigenvalue weighted by Gasteiger charge is 2.33. The van der Waals surface area contributed by atoms with E-state index >= 15 is 0 Å². The van der Waals surface area contributed by atoms with Gasteiger partial charge in [-0.15, -0.1) is 0 Å². The predicted octanol–water partition coefficient (Wildman–Crippen LogP) is 4.04. The number of aliphatic hydroxyl groups excluding tert-OH is 1. The van der Waals surface area contributed by atoms with Crippen LogP contribution in [0.1, 0.15) is 17.5 Å². The number of azide groups is 1. The van der Waals surface area contributed by atoms with Gasteiger partial charge < -0.3 is 5.11 Å². The minimum absolute atomic E-state index is 0.444. The van der Waals surface area contributed by atoms with E-state index in [1.165, 1.54) is 0 Å². The summed E-state index contributed by atoms with van der Waals surface area (Å²) in [7, 11) is 0. The van der Waals surface area contributed by atoms with Gasteiger partial charge in [0.15, 0.2) is 0 Å². The first-order valence-electron chi connectivity index (χ1n) is 6.87. The van der Waals surface area contributed by atoms with Gasteiger partial charge in [0, 0.05) is 4.91 Å². The van der Waals surface area contributed by atoms with Gasteiger partial charge >= 0.3 is 0 Å². The van der Waals surface area contributed by atoms with Gasteiger partial charge in [-0.05, 0) is 34.2 Å². The van der Waals surface area contributed by atoms with E-state index in [4.69, 9.17) is 5.53 Å². The molecule has 2 aromatic carbocycles. The van der Waals surface area contributed by atoms with Crippen molar-refractivity contribution < 1.29 is 5.11 Å². The average molecular weight is 277 g/mol. The van der Waals surface area contributed by atoms with Crippen LogP contribution in [-0.4, -0.2) is 17.3 Å². The lowest BCUT2D eigenvalue weighted by molar-refractivity contribution is 0.210. The number of nitrogens with zero attached hydrogens (tertiary/aromatic N) is 3. The summed E-state index contributed by atoms with van der Waals surface area (Å²) in [6, 6.07) is 19.3. The molecule has 0 fully saturated rings. The maximum absolute atomic E-state index is 10.5. The first kappa shape index (κ1) is 13.4. The summed E-state index contributed by atoms with van der Waals surface area (Å²) < 4.78 is 0. The largest absolute Gasteiger partial charge is 0.388 e. The molecule has 2 atom stereocenters. The standard InChI is InChI=1S/C17H15N3O/c18-20-19-15-11-14(12-7-3-1-4-8-12)16(17(15)21)13-9-5-2-6-10-13/h1-10,15,17,21H,11H2/t15-,17+/m1/s1. The Morgan fingerprint density at radius 2 is 1.52 bits per heavy atom. The Bertz CT molecular complexity index is 703. The van der Waals surface area contributed by atoms with E-state index in [1.807, 2.05) is 60.7 Å². The van der Waals surface area contributed by atoms with Crippen LogP contribution < -0.4 is 0 Å². The summed E-state index contributed by atoms with van der Waals surface area (Å²) in [5.41, 5.74) is 12.6. The maximum Gasteiger partial charge on any atom is 0.0886 e. The highest BCUT2D eigenvalue weighted by atomic mass is 16.3. The number of rotatable bonds is 3. The third-order valence-electron chi connectivity index (χ3n) is 3.81. The van der Waals surface area contributed by atoms with Gasteiger partial charge in [-0.1, -0.05) is 65.8 Å². The molecule has 0 aromatic heterocycles. The van der Waals surface area contributed by atoms with Gasteiger partial charge in [0.05, 0.1) is 12.1 Å². The van der Waals surface area contributed by atoms with Gasteiger partial charge in [0.2, 0.25) is 0 Å². The first-order valence-corrected chi connectivity index (χ1v) is 6.87. The third-order valence-corrected chi connectivity index (χ3v) is 3.81. The molecule has 104 valence electrons. The number of hydrogen-bond donors (Lipinski definition) is 1. The molecule has 0 saturated heterocycles. The summed E-state index contributed by atoms with van der Waals surface area (Å²) in [5, 5.41) is 14.3. The SMILES string of the molecule is [N-]=[N+]=N[C@@H]1CC(c2ccccc2)=C(c2ccccc2)[C@H]1O. The number of hydrogen-bond acceptors (Lipinski definition) is 2. The van der Waals surface area contributed by atoms with Gasteiger partial charge in [-0.2, -0.15) is 0 Å². The van der Waals surface area contributed by atoms with E-state index in [0.717, 1.165) is 22.3 Å². The van der Waals surface area contributed by atoms with Crippen LogP contribution in [0.25, 0.3) is 21.6 Å². The van der Waals surface area contributed by atoms with Crippen LogP contribution in [-0.2, 0) is 0 Å². The van der Waals surface area contributed by atoms with Crippen LogP contribution in [0.15, 0.2) is 65.8 Å². The van der Waals surface area contributed by atoms with E-state index < -0.39 is 12.1 Å². The Hall–Kier alpha value is -2.55. The Morgan fingerprint density at radius 3 is 2.10 bits per heavy atom. The lowest BCUT2D eigenvalue weighted by Crippen LogP contribution is -2.19. The molecule has 0 amide bonds. The summed E-state index contributed by atoms with van der Waals surface area (Å²) in [4.78, 5) is 2.86. The van der Waals surface area contributed by atoms with Crippen molar-refractivity contribution in [3.8, 4) is 0 Å². The summed E-state index contributed by atoms with van der Waals surface area (Å²) in [6.07, 6.45) is -0.210. The molecule has 0 unspecified atom stereocenters. The molecule has 0 saturated carbocycles. The van der Waals surface area contributed by atoms with Gasteiger partial charge in [0.25, 0.3) is 0 Å². The second-order valence-corrected chi connectivity index (χ2v) is 5.05. The lowest BCUT2D eigenvalue weighted by Gasteiger charge is -2.13. The maximum atomic E-state index is 10.5. The van der Waals surface area contributed by atoms with Crippen molar-refractivity contribution in [3.05, 3.63) is 82.2 Å². The Balaban J connectivity index is 2.13. The monoisotopic (exact) mass is 277 g/mol. The lowest BCUT2D eigenvalue weighted by atomic mass is 9.96. The van der Waals surface area contributed by atoms with Crippen LogP contribution in [0.5, 0.6) is 0 Å².